The molecule has 0 spiro atoms. The maximum Gasteiger partial charge on any atom is 0.310 e. The van der Waals surface area contributed by atoms with E-state index < -0.39 is 0 Å². The van der Waals surface area contributed by atoms with Gasteiger partial charge in [-0.15, -0.1) is 0 Å². The summed E-state index contributed by atoms with van der Waals surface area (Å²) >= 11 is 0. The molecular formula is C8H14O2. The van der Waals surface area contributed by atoms with E-state index >= 15 is 0 Å². The summed E-state index contributed by atoms with van der Waals surface area (Å²) in [5.41, 5.74) is -0.134. The molecule has 0 aromatic rings. The number of rotatable bonds is 2. The molecule has 1 atom stereocenters. The molecule has 0 bridgehead atoms. The van der Waals surface area contributed by atoms with E-state index in [-0.39, 0.29) is 11.6 Å². The molecule has 0 amide bonds. The molecule has 0 aliphatic carbocycles. The second kappa shape index (κ2) is 2.26. The van der Waals surface area contributed by atoms with Crippen molar-refractivity contribution in [1.29, 1.82) is 0 Å². The van der Waals surface area contributed by atoms with E-state index in [1.807, 2.05) is 6.92 Å². The van der Waals surface area contributed by atoms with Gasteiger partial charge in [0.25, 0.3) is 0 Å². The van der Waals surface area contributed by atoms with Crippen LogP contribution in [0.3, 0.4) is 0 Å². The van der Waals surface area contributed by atoms with Crippen LogP contribution in [-0.2, 0) is 9.53 Å². The lowest BCUT2D eigenvalue weighted by Gasteiger charge is -2.38. The van der Waals surface area contributed by atoms with Gasteiger partial charge in [-0.05, 0) is 19.3 Å². The molecule has 1 saturated heterocycles. The van der Waals surface area contributed by atoms with E-state index in [4.69, 9.17) is 4.74 Å². The van der Waals surface area contributed by atoms with E-state index in [1.54, 1.807) is 0 Å². The molecule has 58 valence electrons. The van der Waals surface area contributed by atoms with Crippen LogP contribution >= 0.6 is 0 Å². The Labute approximate surface area is 61.6 Å². The molecule has 0 saturated carbocycles. The third-order valence-electron chi connectivity index (χ3n) is 1.72. The van der Waals surface area contributed by atoms with E-state index in [9.17, 15) is 4.79 Å². The fourth-order valence-electron chi connectivity index (χ4n) is 1.55. The quantitative estimate of drug-likeness (QED) is 0.549. The van der Waals surface area contributed by atoms with Crippen LogP contribution < -0.4 is 0 Å². The molecule has 0 N–H and O–H groups in total. The molecule has 2 nitrogen and oxygen atoms in total. The Kier molecular flexibility index (Phi) is 1.71. The third-order valence-corrected chi connectivity index (χ3v) is 1.72. The zero-order valence-electron chi connectivity index (χ0n) is 6.81. The Morgan fingerprint density at radius 2 is 2.20 bits per heavy atom. The Morgan fingerprint density at radius 3 is 2.50 bits per heavy atom. The smallest absolute Gasteiger partial charge is 0.310 e. The van der Waals surface area contributed by atoms with Gasteiger partial charge in [-0.1, -0.05) is 13.8 Å². The van der Waals surface area contributed by atoms with Gasteiger partial charge in [-0.25, -0.2) is 0 Å². The minimum absolute atomic E-state index is 0.0526. The summed E-state index contributed by atoms with van der Waals surface area (Å²) in [4.78, 5) is 10.5. The van der Waals surface area contributed by atoms with Gasteiger partial charge in [0.05, 0.1) is 6.42 Å². The second-order valence-corrected chi connectivity index (χ2v) is 3.70. The average Bonchev–Trinajstić information content (AvgIpc) is 1.57. The maximum absolute atomic E-state index is 10.5. The van der Waals surface area contributed by atoms with E-state index in [0.717, 1.165) is 6.42 Å². The van der Waals surface area contributed by atoms with Gasteiger partial charge < -0.3 is 4.74 Å². The molecular weight excluding hydrogens is 128 g/mol. The van der Waals surface area contributed by atoms with Crippen LogP contribution in [-0.4, -0.2) is 11.6 Å². The lowest BCUT2D eigenvalue weighted by molar-refractivity contribution is -0.190. The SMILES string of the molecule is CC(C)CC1(C)CC(=O)O1. The van der Waals surface area contributed by atoms with Crippen molar-refractivity contribution in [3.05, 3.63) is 0 Å². The number of hydrogen-bond donors (Lipinski definition) is 0. The van der Waals surface area contributed by atoms with Gasteiger partial charge in [0, 0.05) is 0 Å². The highest BCUT2D eigenvalue weighted by molar-refractivity contribution is 5.76. The van der Waals surface area contributed by atoms with Gasteiger partial charge in [-0.3, -0.25) is 4.79 Å². The zero-order valence-corrected chi connectivity index (χ0v) is 6.81. The van der Waals surface area contributed by atoms with Crippen molar-refractivity contribution in [2.75, 3.05) is 0 Å². The summed E-state index contributed by atoms with van der Waals surface area (Å²) in [6, 6.07) is 0. The first-order valence-corrected chi connectivity index (χ1v) is 3.74. The minimum atomic E-state index is -0.134. The molecule has 0 aromatic carbocycles. The van der Waals surface area contributed by atoms with E-state index in [1.165, 1.54) is 0 Å². The zero-order chi connectivity index (χ0) is 7.78. The van der Waals surface area contributed by atoms with Gasteiger partial charge in [0.1, 0.15) is 5.60 Å². The number of carbonyl (C=O) groups excluding carboxylic acids is 1. The lowest BCUT2D eigenvalue weighted by Crippen LogP contribution is -2.45. The summed E-state index contributed by atoms with van der Waals surface area (Å²) < 4.78 is 5.00. The van der Waals surface area contributed by atoms with Crippen molar-refractivity contribution in [3.8, 4) is 0 Å². The van der Waals surface area contributed by atoms with Crippen LogP contribution in [0, 0.1) is 5.92 Å². The van der Waals surface area contributed by atoms with Crippen LogP contribution in [0.2, 0.25) is 0 Å². The first-order chi connectivity index (χ1) is 4.52. The lowest BCUT2D eigenvalue weighted by atomic mass is 9.87. The van der Waals surface area contributed by atoms with Crippen LogP contribution in [0.1, 0.15) is 33.6 Å². The Balaban J connectivity index is 2.34. The third kappa shape index (κ3) is 1.49. The van der Waals surface area contributed by atoms with Crippen molar-refractivity contribution < 1.29 is 9.53 Å². The largest absolute Gasteiger partial charge is 0.459 e. The molecule has 1 rings (SSSR count). The van der Waals surface area contributed by atoms with Gasteiger partial charge in [0.2, 0.25) is 0 Å². The monoisotopic (exact) mass is 142 g/mol. The molecule has 1 aliphatic rings. The van der Waals surface area contributed by atoms with E-state index in [2.05, 4.69) is 13.8 Å². The molecule has 1 unspecified atom stereocenters. The number of esters is 1. The number of hydrogen-bond acceptors (Lipinski definition) is 2. The Bertz CT molecular complexity index is 141. The summed E-state index contributed by atoms with van der Waals surface area (Å²) in [5, 5.41) is 0. The standard InChI is InChI=1S/C8H14O2/c1-6(2)4-8(3)5-7(9)10-8/h6H,4-5H2,1-3H3. The normalized spacial score (nSPS) is 31.8. The highest BCUT2D eigenvalue weighted by atomic mass is 16.6. The molecule has 0 aromatic heterocycles. The molecule has 1 aliphatic heterocycles. The molecule has 1 heterocycles. The topological polar surface area (TPSA) is 26.3 Å². The van der Waals surface area contributed by atoms with Crippen molar-refractivity contribution in [1.82, 2.24) is 0 Å². The molecule has 1 fully saturated rings. The molecule has 10 heavy (non-hydrogen) atoms. The van der Waals surface area contributed by atoms with Crippen molar-refractivity contribution in [2.45, 2.75) is 39.2 Å². The Hall–Kier alpha value is -0.530. The summed E-state index contributed by atoms with van der Waals surface area (Å²) in [6.45, 7) is 6.27. The van der Waals surface area contributed by atoms with Gasteiger partial charge in [-0.2, -0.15) is 0 Å². The average molecular weight is 142 g/mol. The van der Waals surface area contributed by atoms with Crippen LogP contribution in [0.5, 0.6) is 0 Å². The van der Waals surface area contributed by atoms with Crippen molar-refractivity contribution in [3.63, 3.8) is 0 Å². The molecule has 2 heteroatoms. The highest BCUT2D eigenvalue weighted by Gasteiger charge is 2.41. The molecule has 0 radical (unpaired) electrons. The fourth-order valence-corrected chi connectivity index (χ4v) is 1.55. The first-order valence-electron chi connectivity index (χ1n) is 3.74. The summed E-state index contributed by atoms with van der Waals surface area (Å²) in [5.74, 6) is 0.557. The summed E-state index contributed by atoms with van der Waals surface area (Å²) in [7, 11) is 0. The van der Waals surface area contributed by atoms with Crippen molar-refractivity contribution in [2.24, 2.45) is 5.92 Å². The summed E-state index contributed by atoms with van der Waals surface area (Å²) in [6.07, 6.45) is 1.59. The minimum Gasteiger partial charge on any atom is -0.459 e. The predicted octanol–water partition coefficient (Wildman–Crippen LogP) is 1.74. The second-order valence-electron chi connectivity index (χ2n) is 3.70. The van der Waals surface area contributed by atoms with Crippen LogP contribution in [0.15, 0.2) is 0 Å². The van der Waals surface area contributed by atoms with Gasteiger partial charge in [0.15, 0.2) is 0 Å². The van der Waals surface area contributed by atoms with E-state index in [0.29, 0.717) is 12.3 Å². The van der Waals surface area contributed by atoms with Crippen LogP contribution in [0.25, 0.3) is 0 Å². The maximum atomic E-state index is 10.5. The number of ether oxygens (including phenoxy) is 1. The Morgan fingerprint density at radius 1 is 1.70 bits per heavy atom. The first kappa shape index (κ1) is 7.58. The number of cyclic esters (lactones) is 1. The predicted molar refractivity (Wildman–Crippen MR) is 38.6 cm³/mol. The van der Waals surface area contributed by atoms with Gasteiger partial charge >= 0.3 is 5.97 Å². The number of carbonyl (C=O) groups is 1. The fraction of sp³-hybridized carbons (Fsp3) is 0.875. The van der Waals surface area contributed by atoms with Crippen molar-refractivity contribution >= 4 is 5.97 Å². The van der Waals surface area contributed by atoms with Crippen LogP contribution in [0.4, 0.5) is 0 Å². The highest BCUT2D eigenvalue weighted by Crippen LogP contribution is 2.33.